The highest BCUT2D eigenvalue weighted by Gasteiger charge is 2.13. The summed E-state index contributed by atoms with van der Waals surface area (Å²) in [4.78, 5) is 11.5. The molecule has 0 amide bonds. The van der Waals surface area contributed by atoms with Gasteiger partial charge in [-0.15, -0.1) is 0 Å². The maximum atomic E-state index is 11.5. The third kappa shape index (κ3) is 3.52. The van der Waals surface area contributed by atoms with Crippen LogP contribution in [0.4, 0.5) is 0 Å². The molecular formula is C12H15BrO3. The summed E-state index contributed by atoms with van der Waals surface area (Å²) in [5.74, 6) is 0.581. The van der Waals surface area contributed by atoms with E-state index in [1.54, 1.807) is 12.1 Å². The molecular weight excluding hydrogens is 272 g/mol. The van der Waals surface area contributed by atoms with Crippen LogP contribution >= 0.6 is 15.9 Å². The van der Waals surface area contributed by atoms with Crippen molar-refractivity contribution in [2.24, 2.45) is 5.92 Å². The Hall–Kier alpha value is -1.03. The van der Waals surface area contributed by atoms with E-state index in [-0.39, 0.29) is 5.97 Å². The lowest BCUT2D eigenvalue weighted by molar-refractivity contribution is 0.0595. The Bertz CT molecular complexity index is 375. The number of ether oxygens (including phenoxy) is 2. The molecule has 0 aromatic heterocycles. The second-order valence-corrected chi connectivity index (χ2v) is 4.75. The van der Waals surface area contributed by atoms with Gasteiger partial charge < -0.3 is 9.47 Å². The van der Waals surface area contributed by atoms with Gasteiger partial charge in [0.2, 0.25) is 0 Å². The second kappa shape index (κ2) is 5.89. The molecule has 0 spiro atoms. The SMILES string of the molecule is COC(=O)c1cc(Br)ccc1OCC(C)C. The van der Waals surface area contributed by atoms with E-state index in [1.165, 1.54) is 7.11 Å². The summed E-state index contributed by atoms with van der Waals surface area (Å²) < 4.78 is 11.1. The highest BCUT2D eigenvalue weighted by atomic mass is 79.9. The van der Waals surface area contributed by atoms with Gasteiger partial charge in [-0.2, -0.15) is 0 Å². The molecule has 1 aromatic rings. The van der Waals surface area contributed by atoms with Crippen LogP contribution in [0.2, 0.25) is 0 Å². The van der Waals surface area contributed by atoms with Crippen molar-refractivity contribution in [3.8, 4) is 5.75 Å². The lowest BCUT2D eigenvalue weighted by Crippen LogP contribution is -2.09. The molecule has 0 bridgehead atoms. The van der Waals surface area contributed by atoms with E-state index in [0.717, 1.165) is 4.47 Å². The first-order chi connectivity index (χ1) is 7.54. The van der Waals surface area contributed by atoms with Crippen molar-refractivity contribution in [2.45, 2.75) is 13.8 Å². The Morgan fingerprint density at radius 2 is 2.12 bits per heavy atom. The molecule has 3 nitrogen and oxygen atoms in total. The molecule has 1 rings (SSSR count). The topological polar surface area (TPSA) is 35.5 Å². The first-order valence-electron chi connectivity index (χ1n) is 5.05. The molecule has 0 unspecified atom stereocenters. The summed E-state index contributed by atoms with van der Waals surface area (Å²) in [7, 11) is 1.36. The van der Waals surface area contributed by atoms with Crippen molar-refractivity contribution in [1.29, 1.82) is 0 Å². The van der Waals surface area contributed by atoms with Crippen molar-refractivity contribution < 1.29 is 14.3 Å². The largest absolute Gasteiger partial charge is 0.492 e. The Kier molecular flexibility index (Phi) is 4.80. The van der Waals surface area contributed by atoms with Gasteiger partial charge in [0, 0.05) is 4.47 Å². The summed E-state index contributed by atoms with van der Waals surface area (Å²) >= 11 is 3.31. The number of esters is 1. The van der Waals surface area contributed by atoms with Gasteiger partial charge >= 0.3 is 5.97 Å². The molecule has 0 fully saturated rings. The van der Waals surface area contributed by atoms with Crippen molar-refractivity contribution in [3.63, 3.8) is 0 Å². The average Bonchev–Trinajstić information content (AvgIpc) is 2.26. The first kappa shape index (κ1) is 13.0. The summed E-state index contributed by atoms with van der Waals surface area (Å²) in [6.07, 6.45) is 0. The third-order valence-electron chi connectivity index (χ3n) is 1.92. The van der Waals surface area contributed by atoms with E-state index in [1.807, 2.05) is 6.07 Å². The lowest BCUT2D eigenvalue weighted by atomic mass is 10.2. The van der Waals surface area contributed by atoms with E-state index in [4.69, 9.17) is 9.47 Å². The van der Waals surface area contributed by atoms with Gasteiger partial charge in [-0.25, -0.2) is 4.79 Å². The number of hydrogen-bond acceptors (Lipinski definition) is 3. The fourth-order valence-corrected chi connectivity index (χ4v) is 1.52. The zero-order valence-corrected chi connectivity index (χ0v) is 11.2. The minimum atomic E-state index is -0.389. The second-order valence-electron chi connectivity index (χ2n) is 3.84. The van der Waals surface area contributed by atoms with Crippen molar-refractivity contribution >= 4 is 21.9 Å². The predicted molar refractivity (Wildman–Crippen MR) is 65.8 cm³/mol. The fourth-order valence-electron chi connectivity index (χ4n) is 1.15. The van der Waals surface area contributed by atoms with Crippen LogP contribution in [-0.2, 0) is 4.74 Å². The Morgan fingerprint density at radius 3 is 2.69 bits per heavy atom. The van der Waals surface area contributed by atoms with Gasteiger partial charge in [-0.05, 0) is 24.1 Å². The number of carbonyl (C=O) groups excluding carboxylic acids is 1. The van der Waals surface area contributed by atoms with Crippen LogP contribution in [-0.4, -0.2) is 19.7 Å². The smallest absolute Gasteiger partial charge is 0.341 e. The molecule has 1 aromatic carbocycles. The van der Waals surface area contributed by atoms with Gasteiger partial charge in [0.25, 0.3) is 0 Å². The molecule has 0 aliphatic carbocycles. The zero-order chi connectivity index (χ0) is 12.1. The van der Waals surface area contributed by atoms with Crippen LogP contribution in [0.15, 0.2) is 22.7 Å². The van der Waals surface area contributed by atoms with Gasteiger partial charge in [-0.1, -0.05) is 29.8 Å². The van der Waals surface area contributed by atoms with E-state index < -0.39 is 0 Å². The van der Waals surface area contributed by atoms with Gasteiger partial charge in [-0.3, -0.25) is 0 Å². The van der Waals surface area contributed by atoms with Crippen molar-refractivity contribution in [2.75, 3.05) is 13.7 Å². The minimum absolute atomic E-state index is 0.389. The number of hydrogen-bond donors (Lipinski definition) is 0. The quantitative estimate of drug-likeness (QED) is 0.797. The van der Waals surface area contributed by atoms with Crippen LogP contribution < -0.4 is 4.74 Å². The number of carbonyl (C=O) groups is 1. The molecule has 0 saturated heterocycles. The van der Waals surface area contributed by atoms with Gasteiger partial charge in [0.05, 0.1) is 13.7 Å². The number of halogens is 1. The molecule has 0 aliphatic rings. The normalized spacial score (nSPS) is 10.3. The molecule has 0 radical (unpaired) electrons. The molecule has 88 valence electrons. The van der Waals surface area contributed by atoms with Crippen LogP contribution in [0.1, 0.15) is 24.2 Å². The minimum Gasteiger partial charge on any atom is -0.492 e. The standard InChI is InChI=1S/C12H15BrO3/c1-8(2)7-16-11-5-4-9(13)6-10(11)12(14)15-3/h4-6,8H,7H2,1-3H3. The summed E-state index contributed by atoms with van der Waals surface area (Å²) in [6.45, 7) is 4.68. The summed E-state index contributed by atoms with van der Waals surface area (Å²) in [5.41, 5.74) is 0.442. The number of methoxy groups -OCH3 is 1. The van der Waals surface area contributed by atoms with Gasteiger partial charge in [0.1, 0.15) is 11.3 Å². The van der Waals surface area contributed by atoms with E-state index in [2.05, 4.69) is 29.8 Å². The Labute approximate surface area is 104 Å². The van der Waals surface area contributed by atoms with Crippen LogP contribution in [0.3, 0.4) is 0 Å². The van der Waals surface area contributed by atoms with E-state index >= 15 is 0 Å². The van der Waals surface area contributed by atoms with Gasteiger partial charge in [0.15, 0.2) is 0 Å². The average molecular weight is 287 g/mol. The predicted octanol–water partition coefficient (Wildman–Crippen LogP) is 3.27. The lowest BCUT2D eigenvalue weighted by Gasteiger charge is -2.12. The number of rotatable bonds is 4. The van der Waals surface area contributed by atoms with Crippen molar-refractivity contribution in [1.82, 2.24) is 0 Å². The molecule has 0 aliphatic heterocycles. The van der Waals surface area contributed by atoms with Crippen LogP contribution in [0, 0.1) is 5.92 Å². The van der Waals surface area contributed by atoms with Crippen LogP contribution in [0.5, 0.6) is 5.75 Å². The highest BCUT2D eigenvalue weighted by Crippen LogP contribution is 2.24. The number of benzene rings is 1. The monoisotopic (exact) mass is 286 g/mol. The summed E-state index contributed by atoms with van der Waals surface area (Å²) in [6, 6.07) is 5.29. The molecule has 0 N–H and O–H groups in total. The maximum absolute atomic E-state index is 11.5. The summed E-state index contributed by atoms with van der Waals surface area (Å²) in [5, 5.41) is 0. The van der Waals surface area contributed by atoms with Crippen LogP contribution in [0.25, 0.3) is 0 Å². The Morgan fingerprint density at radius 1 is 1.44 bits per heavy atom. The van der Waals surface area contributed by atoms with Crippen molar-refractivity contribution in [3.05, 3.63) is 28.2 Å². The molecule has 16 heavy (non-hydrogen) atoms. The maximum Gasteiger partial charge on any atom is 0.341 e. The molecule has 0 saturated carbocycles. The molecule has 0 heterocycles. The van der Waals surface area contributed by atoms with E-state index in [9.17, 15) is 4.79 Å². The fraction of sp³-hybridized carbons (Fsp3) is 0.417. The Balaban J connectivity index is 2.93. The van der Waals surface area contributed by atoms with E-state index in [0.29, 0.717) is 23.8 Å². The third-order valence-corrected chi connectivity index (χ3v) is 2.41. The molecule has 0 atom stereocenters. The first-order valence-corrected chi connectivity index (χ1v) is 5.84. The zero-order valence-electron chi connectivity index (χ0n) is 9.62. The molecule has 4 heteroatoms. The highest BCUT2D eigenvalue weighted by molar-refractivity contribution is 9.10.